The van der Waals surface area contributed by atoms with Gasteiger partial charge in [0.1, 0.15) is 11.5 Å². The summed E-state index contributed by atoms with van der Waals surface area (Å²) in [5.74, 6) is 1.09. The maximum absolute atomic E-state index is 11.5. The van der Waals surface area contributed by atoms with Crippen LogP contribution in [0.15, 0.2) is 24.3 Å². The molecular weight excluding hydrogens is 234 g/mol. The van der Waals surface area contributed by atoms with Gasteiger partial charge in [0.25, 0.3) is 5.91 Å². The summed E-state index contributed by atoms with van der Waals surface area (Å²) >= 11 is 0. The lowest BCUT2D eigenvalue weighted by Crippen LogP contribution is -2.22. The number of nitrogens with zero attached hydrogens (tertiary/aromatic N) is 1. The van der Waals surface area contributed by atoms with Crippen molar-refractivity contribution in [3.63, 3.8) is 0 Å². The quantitative estimate of drug-likeness (QED) is 0.590. The van der Waals surface area contributed by atoms with E-state index < -0.39 is 0 Å². The van der Waals surface area contributed by atoms with Gasteiger partial charge in [-0.15, -0.1) is 0 Å². The smallest absolute Gasteiger partial charge is 0.269 e. The fourth-order valence-electron chi connectivity index (χ4n) is 1.29. The van der Waals surface area contributed by atoms with E-state index >= 15 is 0 Å². The van der Waals surface area contributed by atoms with Crippen molar-refractivity contribution in [3.05, 3.63) is 29.8 Å². The third kappa shape index (κ3) is 3.78. The number of benzene rings is 1. The van der Waals surface area contributed by atoms with E-state index in [1.165, 1.54) is 13.2 Å². The minimum atomic E-state index is -0.251. The summed E-state index contributed by atoms with van der Waals surface area (Å²) in [4.78, 5) is 16.3. The molecule has 1 aromatic rings. The van der Waals surface area contributed by atoms with Crippen molar-refractivity contribution in [2.75, 3.05) is 28.4 Å². The SMILES string of the molecule is COc1cc(/C=C/C(=O)N(C)OC)cc(OC)c1. The first kappa shape index (κ1) is 14.1. The van der Waals surface area contributed by atoms with Gasteiger partial charge in [0.15, 0.2) is 0 Å². The van der Waals surface area contributed by atoms with Crippen LogP contribution in [0.5, 0.6) is 11.5 Å². The molecule has 0 saturated heterocycles. The largest absolute Gasteiger partial charge is 0.497 e. The van der Waals surface area contributed by atoms with E-state index in [-0.39, 0.29) is 5.91 Å². The predicted molar refractivity (Wildman–Crippen MR) is 68.4 cm³/mol. The van der Waals surface area contributed by atoms with Crippen LogP contribution in [0.1, 0.15) is 5.56 Å². The Morgan fingerprint density at radius 2 is 1.67 bits per heavy atom. The van der Waals surface area contributed by atoms with Crippen molar-refractivity contribution in [2.45, 2.75) is 0 Å². The van der Waals surface area contributed by atoms with Crippen molar-refractivity contribution in [2.24, 2.45) is 0 Å². The van der Waals surface area contributed by atoms with E-state index in [0.717, 1.165) is 10.6 Å². The van der Waals surface area contributed by atoms with Gasteiger partial charge in [0.05, 0.1) is 21.3 Å². The van der Waals surface area contributed by atoms with E-state index in [2.05, 4.69) is 0 Å². The molecule has 0 unspecified atom stereocenters. The van der Waals surface area contributed by atoms with Crippen molar-refractivity contribution < 1.29 is 19.1 Å². The molecule has 0 aliphatic rings. The molecule has 18 heavy (non-hydrogen) atoms. The maximum Gasteiger partial charge on any atom is 0.269 e. The lowest BCUT2D eigenvalue weighted by molar-refractivity contribution is -0.162. The van der Waals surface area contributed by atoms with Gasteiger partial charge < -0.3 is 9.47 Å². The molecule has 0 spiro atoms. The molecule has 1 aromatic carbocycles. The number of hydrogen-bond acceptors (Lipinski definition) is 4. The zero-order valence-corrected chi connectivity index (χ0v) is 11.0. The average Bonchev–Trinajstić information content (AvgIpc) is 2.43. The van der Waals surface area contributed by atoms with Crippen LogP contribution in [0.4, 0.5) is 0 Å². The summed E-state index contributed by atoms with van der Waals surface area (Å²) in [5.41, 5.74) is 0.809. The Morgan fingerprint density at radius 3 is 2.11 bits per heavy atom. The highest BCUT2D eigenvalue weighted by Crippen LogP contribution is 2.23. The number of carbonyl (C=O) groups excluding carboxylic acids is 1. The molecule has 0 radical (unpaired) electrons. The monoisotopic (exact) mass is 251 g/mol. The zero-order valence-electron chi connectivity index (χ0n) is 11.0. The highest BCUT2D eigenvalue weighted by atomic mass is 16.7. The number of amides is 1. The van der Waals surface area contributed by atoms with Crippen LogP contribution in [-0.2, 0) is 9.63 Å². The highest BCUT2D eigenvalue weighted by molar-refractivity contribution is 5.91. The Morgan fingerprint density at radius 1 is 1.11 bits per heavy atom. The molecule has 0 N–H and O–H groups in total. The number of hydrogen-bond donors (Lipinski definition) is 0. The van der Waals surface area contributed by atoms with Crippen LogP contribution in [0.2, 0.25) is 0 Å². The molecule has 0 aliphatic carbocycles. The van der Waals surface area contributed by atoms with Gasteiger partial charge in [0, 0.05) is 19.2 Å². The highest BCUT2D eigenvalue weighted by Gasteiger charge is 2.03. The van der Waals surface area contributed by atoms with Crippen molar-refractivity contribution in [1.82, 2.24) is 5.06 Å². The summed E-state index contributed by atoms with van der Waals surface area (Å²) in [6, 6.07) is 5.37. The minimum absolute atomic E-state index is 0.251. The number of likely N-dealkylation sites (N-methyl/N-ethyl adjacent to an activating group) is 1. The molecule has 0 atom stereocenters. The molecular formula is C13H17NO4. The Kier molecular flexibility index (Phi) is 5.20. The van der Waals surface area contributed by atoms with E-state index in [1.807, 2.05) is 0 Å². The summed E-state index contributed by atoms with van der Waals surface area (Å²) in [6.45, 7) is 0. The summed E-state index contributed by atoms with van der Waals surface area (Å²) < 4.78 is 10.3. The van der Waals surface area contributed by atoms with Crippen LogP contribution < -0.4 is 9.47 Å². The Labute approximate surface area is 107 Å². The summed E-state index contributed by atoms with van der Waals surface area (Å²) in [6.07, 6.45) is 3.08. The number of rotatable bonds is 5. The second-order valence-electron chi connectivity index (χ2n) is 3.50. The average molecular weight is 251 g/mol. The third-order valence-electron chi connectivity index (χ3n) is 2.38. The second-order valence-corrected chi connectivity index (χ2v) is 3.50. The lowest BCUT2D eigenvalue weighted by atomic mass is 10.2. The molecule has 1 amide bonds. The molecule has 0 heterocycles. The predicted octanol–water partition coefficient (Wildman–Crippen LogP) is 1.74. The zero-order chi connectivity index (χ0) is 13.5. The van der Waals surface area contributed by atoms with Crippen molar-refractivity contribution >= 4 is 12.0 Å². The maximum atomic E-state index is 11.5. The first-order chi connectivity index (χ1) is 8.60. The van der Waals surface area contributed by atoms with Gasteiger partial charge in [-0.05, 0) is 23.8 Å². The Bertz CT molecular complexity index is 420. The Balaban J connectivity index is 2.89. The lowest BCUT2D eigenvalue weighted by Gasteiger charge is -2.10. The fraction of sp³-hybridized carbons (Fsp3) is 0.308. The second kappa shape index (κ2) is 6.66. The van der Waals surface area contributed by atoms with Crippen LogP contribution >= 0.6 is 0 Å². The standard InChI is InChI=1S/C13H17NO4/c1-14(18-4)13(15)6-5-10-7-11(16-2)9-12(8-10)17-3/h5-9H,1-4H3/b6-5+. The van der Waals surface area contributed by atoms with Crippen LogP contribution in [-0.4, -0.2) is 39.3 Å². The number of methoxy groups -OCH3 is 2. The minimum Gasteiger partial charge on any atom is -0.497 e. The van der Waals surface area contributed by atoms with Gasteiger partial charge in [-0.2, -0.15) is 0 Å². The van der Waals surface area contributed by atoms with Gasteiger partial charge in [-0.1, -0.05) is 0 Å². The van der Waals surface area contributed by atoms with Gasteiger partial charge in [-0.3, -0.25) is 9.63 Å². The molecule has 0 bridgehead atoms. The van der Waals surface area contributed by atoms with Gasteiger partial charge in [-0.25, -0.2) is 5.06 Å². The summed E-state index contributed by atoms with van der Waals surface area (Å²) in [5, 5.41) is 1.13. The van der Waals surface area contributed by atoms with E-state index in [0.29, 0.717) is 11.5 Å². The van der Waals surface area contributed by atoms with E-state index in [9.17, 15) is 4.79 Å². The van der Waals surface area contributed by atoms with Crippen molar-refractivity contribution in [3.8, 4) is 11.5 Å². The first-order valence-electron chi connectivity index (χ1n) is 5.33. The molecule has 5 nitrogen and oxygen atoms in total. The van der Waals surface area contributed by atoms with E-state index in [1.54, 1.807) is 45.5 Å². The topological polar surface area (TPSA) is 48.0 Å². The molecule has 5 heteroatoms. The summed E-state index contributed by atoms with van der Waals surface area (Å²) in [7, 11) is 6.12. The number of carbonyl (C=O) groups is 1. The normalized spacial score (nSPS) is 10.4. The fourth-order valence-corrected chi connectivity index (χ4v) is 1.29. The van der Waals surface area contributed by atoms with Crippen LogP contribution in [0, 0.1) is 0 Å². The molecule has 98 valence electrons. The van der Waals surface area contributed by atoms with Crippen LogP contribution in [0.3, 0.4) is 0 Å². The van der Waals surface area contributed by atoms with Gasteiger partial charge >= 0.3 is 0 Å². The Hall–Kier alpha value is -2.01. The van der Waals surface area contributed by atoms with E-state index in [4.69, 9.17) is 14.3 Å². The number of hydroxylamine groups is 2. The number of ether oxygens (including phenoxy) is 2. The van der Waals surface area contributed by atoms with Crippen LogP contribution in [0.25, 0.3) is 6.08 Å². The molecule has 0 fully saturated rings. The van der Waals surface area contributed by atoms with Gasteiger partial charge in [0.2, 0.25) is 0 Å². The molecule has 0 aliphatic heterocycles. The third-order valence-corrected chi connectivity index (χ3v) is 2.38. The molecule has 0 saturated carbocycles. The van der Waals surface area contributed by atoms with Crippen molar-refractivity contribution in [1.29, 1.82) is 0 Å². The first-order valence-corrected chi connectivity index (χ1v) is 5.33. The molecule has 0 aromatic heterocycles. The molecule has 1 rings (SSSR count).